The number of aromatic nitrogens is 1. The van der Waals surface area contributed by atoms with Crippen molar-refractivity contribution in [3.63, 3.8) is 0 Å². The van der Waals surface area contributed by atoms with Gasteiger partial charge in [-0.2, -0.15) is 0 Å². The van der Waals surface area contributed by atoms with Crippen LogP contribution in [0.5, 0.6) is 5.75 Å². The van der Waals surface area contributed by atoms with E-state index in [1.807, 2.05) is 121 Å². The van der Waals surface area contributed by atoms with Crippen molar-refractivity contribution in [1.82, 2.24) is 4.57 Å². The molecule has 170 valence electrons. The molecule has 0 amide bonds. The largest absolute Gasteiger partial charge is 0.497 e. The van der Waals surface area contributed by atoms with Crippen LogP contribution in [0.15, 0.2) is 137 Å². The molecular formula is C31H24N2O2. The predicted octanol–water partition coefficient (Wildman–Crippen LogP) is 6.68. The molecule has 0 saturated heterocycles. The Bertz CT molecular complexity index is 1460. The Balaban J connectivity index is 1.77. The summed E-state index contributed by atoms with van der Waals surface area (Å²) in [6.45, 7) is 0. The van der Waals surface area contributed by atoms with Crippen molar-refractivity contribution in [2.24, 2.45) is 4.99 Å². The number of hydrogen-bond acceptors (Lipinski definition) is 3. The summed E-state index contributed by atoms with van der Waals surface area (Å²) >= 11 is 0. The van der Waals surface area contributed by atoms with Crippen molar-refractivity contribution in [3.05, 3.63) is 149 Å². The van der Waals surface area contributed by atoms with Gasteiger partial charge in [0.1, 0.15) is 11.4 Å². The Kier molecular flexibility index (Phi) is 6.35. The molecule has 0 aliphatic rings. The molecule has 0 saturated carbocycles. The second kappa shape index (κ2) is 10.1. The van der Waals surface area contributed by atoms with Crippen LogP contribution in [0.4, 0.5) is 5.69 Å². The summed E-state index contributed by atoms with van der Waals surface area (Å²) in [5.74, 6) is 0.733. The number of methoxy groups -OCH3 is 1. The van der Waals surface area contributed by atoms with Crippen molar-refractivity contribution >= 4 is 11.4 Å². The first kappa shape index (κ1) is 22.1. The third-order valence-corrected chi connectivity index (χ3v) is 5.82. The molecule has 0 unspecified atom stereocenters. The van der Waals surface area contributed by atoms with Crippen LogP contribution in [0.2, 0.25) is 0 Å². The summed E-state index contributed by atoms with van der Waals surface area (Å²) < 4.78 is 6.90. The molecule has 0 atom stereocenters. The lowest BCUT2D eigenvalue weighted by Crippen LogP contribution is -2.18. The molecule has 1 heterocycles. The quantitative estimate of drug-likeness (QED) is 0.267. The minimum absolute atomic E-state index is 0.194. The van der Waals surface area contributed by atoms with Crippen molar-refractivity contribution in [3.8, 4) is 22.6 Å². The Morgan fingerprint density at radius 2 is 1.23 bits per heavy atom. The van der Waals surface area contributed by atoms with Crippen molar-refractivity contribution in [1.29, 1.82) is 0 Å². The van der Waals surface area contributed by atoms with Gasteiger partial charge in [0.05, 0.1) is 12.8 Å². The van der Waals surface area contributed by atoms with Crippen LogP contribution in [0.3, 0.4) is 0 Å². The number of hydrogen-bond donors (Lipinski definition) is 0. The lowest BCUT2D eigenvalue weighted by molar-refractivity contribution is 0.414. The topological polar surface area (TPSA) is 43.6 Å². The fraction of sp³-hybridized carbons (Fsp3) is 0.0323. The summed E-state index contributed by atoms with van der Waals surface area (Å²) in [7, 11) is 1.62. The van der Waals surface area contributed by atoms with E-state index in [1.165, 1.54) is 0 Å². The SMILES string of the molecule is COc1ccc(-n2ccc(-c3ccccc3)c(N=C(c3ccccc3)c3ccccc3)c2=O)cc1. The zero-order valence-electron chi connectivity index (χ0n) is 19.3. The van der Waals surface area contributed by atoms with Crippen molar-refractivity contribution in [2.75, 3.05) is 7.11 Å². The maximum Gasteiger partial charge on any atom is 0.281 e. The van der Waals surface area contributed by atoms with Crippen LogP contribution in [-0.2, 0) is 0 Å². The van der Waals surface area contributed by atoms with E-state index in [0.717, 1.165) is 39.4 Å². The van der Waals surface area contributed by atoms with Gasteiger partial charge in [-0.3, -0.25) is 9.36 Å². The highest BCUT2D eigenvalue weighted by atomic mass is 16.5. The van der Waals surface area contributed by atoms with E-state index in [9.17, 15) is 4.79 Å². The van der Waals surface area contributed by atoms with Gasteiger partial charge >= 0.3 is 0 Å². The van der Waals surface area contributed by atoms with Gasteiger partial charge in [-0.15, -0.1) is 0 Å². The van der Waals surface area contributed by atoms with Crippen LogP contribution in [0.1, 0.15) is 11.1 Å². The first-order valence-corrected chi connectivity index (χ1v) is 11.4. The van der Waals surface area contributed by atoms with Gasteiger partial charge in [0.2, 0.25) is 0 Å². The molecule has 0 radical (unpaired) electrons. The van der Waals surface area contributed by atoms with E-state index < -0.39 is 0 Å². The zero-order valence-corrected chi connectivity index (χ0v) is 19.3. The molecule has 5 aromatic rings. The Labute approximate surface area is 204 Å². The highest BCUT2D eigenvalue weighted by Crippen LogP contribution is 2.29. The first-order chi connectivity index (χ1) is 17.2. The molecule has 4 aromatic carbocycles. The second-order valence-corrected chi connectivity index (χ2v) is 8.01. The van der Waals surface area contributed by atoms with Gasteiger partial charge < -0.3 is 4.74 Å². The molecule has 0 fully saturated rings. The van der Waals surface area contributed by atoms with Crippen LogP contribution < -0.4 is 10.3 Å². The zero-order chi connectivity index (χ0) is 24.0. The van der Waals surface area contributed by atoms with Crippen LogP contribution in [0.25, 0.3) is 16.8 Å². The third kappa shape index (κ3) is 4.68. The minimum atomic E-state index is -0.194. The van der Waals surface area contributed by atoms with Crippen LogP contribution in [-0.4, -0.2) is 17.4 Å². The Morgan fingerprint density at radius 3 is 1.77 bits per heavy atom. The van der Waals surface area contributed by atoms with Crippen molar-refractivity contribution in [2.45, 2.75) is 0 Å². The lowest BCUT2D eigenvalue weighted by atomic mass is 10.0. The number of benzene rings is 4. The maximum atomic E-state index is 13.9. The smallest absolute Gasteiger partial charge is 0.281 e. The van der Waals surface area contributed by atoms with Gasteiger partial charge in [-0.25, -0.2) is 4.99 Å². The summed E-state index contributed by atoms with van der Waals surface area (Å²) in [4.78, 5) is 19.0. The fourth-order valence-electron chi connectivity index (χ4n) is 4.03. The lowest BCUT2D eigenvalue weighted by Gasteiger charge is -2.14. The summed E-state index contributed by atoms with van der Waals surface area (Å²) in [6, 6.07) is 39.2. The van der Waals surface area contributed by atoms with Gasteiger partial charge in [0.15, 0.2) is 0 Å². The second-order valence-electron chi connectivity index (χ2n) is 8.01. The molecule has 0 N–H and O–H groups in total. The molecule has 4 heteroatoms. The minimum Gasteiger partial charge on any atom is -0.497 e. The highest BCUT2D eigenvalue weighted by Gasteiger charge is 2.15. The molecular weight excluding hydrogens is 432 g/mol. The molecule has 0 spiro atoms. The van der Waals surface area contributed by atoms with Crippen LogP contribution >= 0.6 is 0 Å². The third-order valence-electron chi connectivity index (χ3n) is 5.82. The van der Waals surface area contributed by atoms with E-state index >= 15 is 0 Å². The Morgan fingerprint density at radius 1 is 0.686 bits per heavy atom. The highest BCUT2D eigenvalue weighted by molar-refractivity contribution is 6.14. The van der Waals surface area contributed by atoms with Gasteiger partial charge in [-0.1, -0.05) is 91.0 Å². The number of rotatable bonds is 6. The van der Waals surface area contributed by atoms with E-state index in [0.29, 0.717) is 5.69 Å². The average molecular weight is 457 g/mol. The van der Waals surface area contributed by atoms with E-state index in [1.54, 1.807) is 17.9 Å². The maximum absolute atomic E-state index is 13.9. The molecule has 0 aliphatic carbocycles. The number of pyridine rings is 1. The van der Waals surface area contributed by atoms with Gasteiger partial charge in [0, 0.05) is 28.6 Å². The molecule has 1 aromatic heterocycles. The van der Waals surface area contributed by atoms with Gasteiger partial charge in [-0.05, 0) is 35.9 Å². The van der Waals surface area contributed by atoms with Crippen LogP contribution in [0, 0.1) is 0 Å². The number of ether oxygens (including phenoxy) is 1. The summed E-state index contributed by atoms with van der Waals surface area (Å²) in [5, 5.41) is 0. The predicted molar refractivity (Wildman–Crippen MR) is 142 cm³/mol. The standard InChI is InChI=1S/C31H24N2O2/c1-35-27-19-17-26(18-20-27)33-22-21-28(23-11-5-2-6-12-23)30(31(33)34)32-29(24-13-7-3-8-14-24)25-15-9-4-10-16-25/h2-22H,1H3. The first-order valence-electron chi connectivity index (χ1n) is 11.4. The summed E-state index contributed by atoms with van der Waals surface area (Å²) in [6.07, 6.45) is 1.80. The monoisotopic (exact) mass is 456 g/mol. The average Bonchev–Trinajstić information content (AvgIpc) is 2.94. The number of nitrogens with zero attached hydrogens (tertiary/aromatic N) is 2. The van der Waals surface area contributed by atoms with E-state index in [4.69, 9.17) is 9.73 Å². The number of aliphatic imine (C=N–C) groups is 1. The normalized spacial score (nSPS) is 10.5. The molecule has 0 aliphatic heterocycles. The fourth-order valence-corrected chi connectivity index (χ4v) is 4.03. The molecule has 4 nitrogen and oxygen atoms in total. The molecule has 35 heavy (non-hydrogen) atoms. The Hall–Kier alpha value is -4.70. The molecule has 0 bridgehead atoms. The van der Waals surface area contributed by atoms with Gasteiger partial charge in [0.25, 0.3) is 5.56 Å². The van der Waals surface area contributed by atoms with Crippen molar-refractivity contribution < 1.29 is 4.74 Å². The molecule has 5 rings (SSSR count). The van der Waals surface area contributed by atoms with E-state index in [2.05, 4.69) is 0 Å². The summed E-state index contributed by atoms with van der Waals surface area (Å²) in [5.41, 5.74) is 5.28. The van der Waals surface area contributed by atoms with E-state index in [-0.39, 0.29) is 5.56 Å².